The van der Waals surface area contributed by atoms with E-state index in [1.165, 1.54) is 30.2 Å². The van der Waals surface area contributed by atoms with Gasteiger partial charge in [0.1, 0.15) is 17.3 Å². The third-order valence-electron chi connectivity index (χ3n) is 5.25. The van der Waals surface area contributed by atoms with Crippen molar-refractivity contribution in [1.29, 1.82) is 0 Å². The van der Waals surface area contributed by atoms with Gasteiger partial charge < -0.3 is 19.8 Å². The lowest BCUT2D eigenvalue weighted by Gasteiger charge is -2.25. The minimum Gasteiger partial charge on any atom is -0.508 e. The van der Waals surface area contributed by atoms with Crippen LogP contribution < -0.4 is 4.74 Å². The molecule has 32 heavy (non-hydrogen) atoms. The Morgan fingerprint density at radius 3 is 2.53 bits per heavy atom. The van der Waals surface area contributed by atoms with E-state index in [1.54, 1.807) is 48.8 Å². The van der Waals surface area contributed by atoms with E-state index in [2.05, 4.69) is 4.98 Å². The molecule has 7 nitrogen and oxygen atoms in total. The number of amides is 1. The van der Waals surface area contributed by atoms with Gasteiger partial charge in [-0.2, -0.15) is 0 Å². The van der Waals surface area contributed by atoms with Crippen LogP contribution in [0.4, 0.5) is 0 Å². The minimum atomic E-state index is -0.906. The van der Waals surface area contributed by atoms with Gasteiger partial charge in [-0.15, -0.1) is 0 Å². The van der Waals surface area contributed by atoms with Crippen molar-refractivity contribution in [3.05, 3.63) is 94.3 Å². The number of pyridine rings is 1. The molecule has 1 unspecified atom stereocenters. The molecule has 0 aliphatic carbocycles. The number of ether oxygens (including phenoxy) is 1. The van der Waals surface area contributed by atoms with Crippen molar-refractivity contribution in [3.8, 4) is 11.5 Å². The van der Waals surface area contributed by atoms with Crippen molar-refractivity contribution in [2.24, 2.45) is 0 Å². The Hall–Kier alpha value is -3.84. The smallest absolute Gasteiger partial charge is 0.295 e. The van der Waals surface area contributed by atoms with Crippen molar-refractivity contribution >= 4 is 29.1 Å². The number of ketones is 1. The third-order valence-corrected chi connectivity index (χ3v) is 5.55. The summed E-state index contributed by atoms with van der Waals surface area (Å²) in [5, 5.41) is 21.3. The van der Waals surface area contributed by atoms with Gasteiger partial charge in [0, 0.05) is 24.5 Å². The normalized spacial score (nSPS) is 17.6. The summed E-state index contributed by atoms with van der Waals surface area (Å²) >= 11 is 6.20. The number of aromatic hydroxyl groups is 1. The molecule has 1 aliphatic heterocycles. The van der Waals surface area contributed by atoms with Crippen LogP contribution in [0, 0.1) is 0 Å². The Bertz CT molecular complexity index is 1230. The maximum Gasteiger partial charge on any atom is 0.295 e. The summed E-state index contributed by atoms with van der Waals surface area (Å²) < 4.78 is 5.14. The number of halogens is 1. The molecule has 1 aliphatic rings. The molecule has 162 valence electrons. The number of Topliss-reactive ketones (excluding diaryl/α,β-unsaturated/α-hetero) is 1. The molecule has 8 heteroatoms. The van der Waals surface area contributed by atoms with Crippen LogP contribution in [0.3, 0.4) is 0 Å². The second kappa shape index (κ2) is 8.72. The maximum atomic E-state index is 13.1. The van der Waals surface area contributed by atoms with Crippen LogP contribution in [0.15, 0.2) is 72.6 Å². The predicted octanol–water partition coefficient (Wildman–Crippen LogP) is 4.07. The molecule has 2 N–H and O–H groups in total. The lowest BCUT2D eigenvalue weighted by molar-refractivity contribution is -0.140. The molecular formula is C24H19ClN2O5. The van der Waals surface area contributed by atoms with Gasteiger partial charge >= 0.3 is 0 Å². The Balaban J connectivity index is 1.87. The van der Waals surface area contributed by atoms with Gasteiger partial charge in [-0.25, -0.2) is 0 Å². The number of phenolic OH excluding ortho intramolecular Hbond substituents is 1. The zero-order chi connectivity index (χ0) is 22.8. The summed E-state index contributed by atoms with van der Waals surface area (Å²) in [6.45, 7) is 0.119. The third kappa shape index (κ3) is 3.90. The number of aromatic nitrogens is 1. The first-order valence-electron chi connectivity index (χ1n) is 9.71. The summed E-state index contributed by atoms with van der Waals surface area (Å²) in [5.41, 5.74) is 1.43. The highest BCUT2D eigenvalue weighted by Crippen LogP contribution is 2.41. The summed E-state index contributed by atoms with van der Waals surface area (Å²) in [7, 11) is 1.47. The second-order valence-corrected chi connectivity index (χ2v) is 7.63. The molecule has 0 saturated carbocycles. The van der Waals surface area contributed by atoms with E-state index < -0.39 is 17.7 Å². The number of rotatable bonds is 5. The SMILES string of the molecule is COc1ccc(/C(O)=C2/C(=O)C(=O)N(Cc3ccncc3)C2c2cccc(O)c2)cc1Cl. The lowest BCUT2D eigenvalue weighted by Crippen LogP contribution is -2.29. The van der Waals surface area contributed by atoms with E-state index >= 15 is 0 Å². The average molecular weight is 451 g/mol. The van der Waals surface area contributed by atoms with Gasteiger partial charge in [0.25, 0.3) is 11.7 Å². The summed E-state index contributed by atoms with van der Waals surface area (Å²) in [5.74, 6) is -1.55. The van der Waals surface area contributed by atoms with E-state index in [-0.39, 0.29) is 34.2 Å². The van der Waals surface area contributed by atoms with Gasteiger partial charge in [-0.3, -0.25) is 14.6 Å². The molecular weight excluding hydrogens is 432 g/mol. The lowest BCUT2D eigenvalue weighted by atomic mass is 9.95. The predicted molar refractivity (Wildman–Crippen MR) is 118 cm³/mol. The Morgan fingerprint density at radius 1 is 1.12 bits per heavy atom. The molecule has 0 radical (unpaired) electrons. The van der Waals surface area contributed by atoms with E-state index in [9.17, 15) is 19.8 Å². The number of methoxy groups -OCH3 is 1. The van der Waals surface area contributed by atoms with Crippen LogP contribution in [0.25, 0.3) is 5.76 Å². The number of hydrogen-bond acceptors (Lipinski definition) is 6. The van der Waals surface area contributed by atoms with Crippen molar-refractivity contribution in [1.82, 2.24) is 9.88 Å². The largest absolute Gasteiger partial charge is 0.508 e. The maximum absolute atomic E-state index is 13.1. The zero-order valence-corrected chi connectivity index (χ0v) is 17.8. The van der Waals surface area contributed by atoms with E-state index in [0.29, 0.717) is 11.3 Å². The Labute approximate surface area is 189 Å². The number of hydrogen-bond donors (Lipinski definition) is 2. The highest BCUT2D eigenvalue weighted by molar-refractivity contribution is 6.46. The fraction of sp³-hybridized carbons (Fsp3) is 0.125. The fourth-order valence-corrected chi connectivity index (χ4v) is 4.00. The van der Waals surface area contributed by atoms with E-state index in [4.69, 9.17) is 16.3 Å². The Morgan fingerprint density at radius 2 is 1.88 bits per heavy atom. The van der Waals surface area contributed by atoms with Crippen molar-refractivity contribution in [2.75, 3.05) is 7.11 Å². The van der Waals surface area contributed by atoms with Gasteiger partial charge in [-0.1, -0.05) is 23.7 Å². The molecule has 1 fully saturated rings. The summed E-state index contributed by atoms with van der Waals surface area (Å²) in [6, 6.07) is 13.4. The molecule has 0 spiro atoms. The van der Waals surface area contributed by atoms with Crippen LogP contribution in [0.5, 0.6) is 11.5 Å². The number of carbonyl (C=O) groups is 2. The number of benzene rings is 2. The molecule has 3 aromatic rings. The molecule has 1 atom stereocenters. The first-order valence-corrected chi connectivity index (χ1v) is 10.1. The van der Waals surface area contributed by atoms with Crippen LogP contribution in [0.2, 0.25) is 5.02 Å². The second-order valence-electron chi connectivity index (χ2n) is 7.23. The van der Waals surface area contributed by atoms with Crippen LogP contribution in [0.1, 0.15) is 22.7 Å². The molecule has 4 rings (SSSR count). The molecule has 1 aromatic heterocycles. The highest BCUT2D eigenvalue weighted by Gasteiger charge is 2.46. The highest BCUT2D eigenvalue weighted by atomic mass is 35.5. The monoisotopic (exact) mass is 450 g/mol. The summed E-state index contributed by atoms with van der Waals surface area (Å²) in [6.07, 6.45) is 3.18. The van der Waals surface area contributed by atoms with Crippen molar-refractivity contribution in [3.63, 3.8) is 0 Å². The van der Waals surface area contributed by atoms with Crippen LogP contribution in [-0.4, -0.2) is 38.9 Å². The molecule has 1 saturated heterocycles. The van der Waals surface area contributed by atoms with E-state index in [0.717, 1.165) is 5.56 Å². The Kier molecular flexibility index (Phi) is 5.83. The van der Waals surface area contributed by atoms with Gasteiger partial charge in [0.2, 0.25) is 0 Å². The fourth-order valence-electron chi connectivity index (χ4n) is 3.74. The average Bonchev–Trinajstić information content (AvgIpc) is 3.04. The van der Waals surface area contributed by atoms with Gasteiger partial charge in [0.15, 0.2) is 0 Å². The first-order chi connectivity index (χ1) is 15.4. The molecule has 2 heterocycles. The zero-order valence-electron chi connectivity index (χ0n) is 17.0. The number of nitrogens with zero attached hydrogens (tertiary/aromatic N) is 2. The standard InChI is InChI=1S/C24H19ClN2O5/c1-32-19-6-5-16(12-18(19)25)22(29)20-21(15-3-2-4-17(28)11-15)27(24(31)23(20)30)13-14-7-9-26-10-8-14/h2-12,21,28-29H,13H2,1H3/b22-20-. The molecule has 0 bridgehead atoms. The number of likely N-dealkylation sites (tertiary alicyclic amines) is 1. The van der Waals surface area contributed by atoms with Crippen molar-refractivity contribution in [2.45, 2.75) is 12.6 Å². The topological polar surface area (TPSA) is 100.0 Å². The number of carbonyl (C=O) groups excluding carboxylic acids is 2. The van der Waals surface area contributed by atoms with Gasteiger partial charge in [0.05, 0.1) is 23.7 Å². The number of phenols is 1. The quantitative estimate of drug-likeness (QED) is 0.345. The first kappa shape index (κ1) is 21.4. The number of aliphatic hydroxyl groups is 1. The molecule has 1 amide bonds. The number of aliphatic hydroxyl groups excluding tert-OH is 1. The molecule has 2 aromatic carbocycles. The van der Waals surface area contributed by atoms with Crippen LogP contribution >= 0.6 is 11.6 Å². The van der Waals surface area contributed by atoms with Crippen molar-refractivity contribution < 1.29 is 24.5 Å². The van der Waals surface area contributed by atoms with Gasteiger partial charge in [-0.05, 0) is 53.6 Å². The van der Waals surface area contributed by atoms with E-state index in [1.807, 2.05) is 0 Å². The minimum absolute atomic E-state index is 0.0236. The van der Waals surface area contributed by atoms with Crippen LogP contribution in [-0.2, 0) is 16.1 Å². The summed E-state index contributed by atoms with van der Waals surface area (Å²) in [4.78, 5) is 31.4.